The molecule has 1 amide bonds. The van der Waals surface area contributed by atoms with Gasteiger partial charge in [-0.1, -0.05) is 42.5 Å². The fourth-order valence-corrected chi connectivity index (χ4v) is 5.07. The summed E-state index contributed by atoms with van der Waals surface area (Å²) in [6.07, 6.45) is 7.32. The summed E-state index contributed by atoms with van der Waals surface area (Å²) < 4.78 is 20.7. The van der Waals surface area contributed by atoms with Gasteiger partial charge in [0, 0.05) is 40.1 Å². The molecule has 1 fully saturated rings. The van der Waals surface area contributed by atoms with Crippen LogP contribution in [0.25, 0.3) is 28.2 Å². The first kappa shape index (κ1) is 21.6. The van der Waals surface area contributed by atoms with Gasteiger partial charge in [0.25, 0.3) is 10.9 Å². The largest absolute Gasteiger partial charge is 0.610 e. The van der Waals surface area contributed by atoms with Crippen LogP contribution in [-0.4, -0.2) is 30.9 Å². The molecule has 1 N–H and O–H groups in total. The van der Waals surface area contributed by atoms with E-state index in [2.05, 4.69) is 10.3 Å². The first-order chi connectivity index (χ1) is 17.2. The zero-order valence-electron chi connectivity index (χ0n) is 18.8. The summed E-state index contributed by atoms with van der Waals surface area (Å²) in [6, 6.07) is 21.1. The molecule has 7 nitrogen and oxygen atoms in total. The van der Waals surface area contributed by atoms with Crippen LogP contribution in [0.2, 0.25) is 0 Å². The number of nitrogens with zero attached hydrogens (tertiary/aromatic N) is 3. The highest BCUT2D eigenvalue weighted by molar-refractivity contribution is 7.90. The van der Waals surface area contributed by atoms with Crippen molar-refractivity contribution < 1.29 is 13.8 Å². The predicted octanol–water partition coefficient (Wildman–Crippen LogP) is 4.86. The first-order valence-corrected chi connectivity index (χ1v) is 12.7. The zero-order chi connectivity index (χ0) is 23.8. The maximum absolute atomic E-state index is 13.4. The molecular weight excluding hydrogens is 460 g/mol. The Morgan fingerprint density at radius 1 is 1.06 bits per heavy atom. The Hall–Kier alpha value is -3.88. The maximum atomic E-state index is 13.4. The fraction of sp³-hybridized carbons (Fsp3) is 0.148. The van der Waals surface area contributed by atoms with E-state index in [9.17, 15) is 9.35 Å². The second-order valence-electron chi connectivity index (χ2n) is 8.53. The second kappa shape index (κ2) is 9.05. The third-order valence-corrected chi connectivity index (χ3v) is 7.21. The minimum Gasteiger partial charge on any atom is -0.610 e. The SMILES string of the molecule is O=C(NC1CC1)c1ccc(-c2cnc3c([S+]([O-])Cc4ccco4)nc(-c4ccccc4)cn23)cc1. The van der Waals surface area contributed by atoms with Crippen LogP contribution in [0, 0.1) is 0 Å². The number of benzene rings is 2. The predicted molar refractivity (Wildman–Crippen MR) is 133 cm³/mol. The Kier molecular flexibility index (Phi) is 5.60. The number of rotatable bonds is 7. The Morgan fingerprint density at radius 2 is 1.86 bits per heavy atom. The third kappa shape index (κ3) is 4.45. The van der Waals surface area contributed by atoms with Crippen molar-refractivity contribution in [3.8, 4) is 22.5 Å². The molecule has 8 heteroatoms. The summed E-state index contributed by atoms with van der Waals surface area (Å²) in [5.74, 6) is 0.782. The fourth-order valence-electron chi connectivity index (χ4n) is 3.96. The summed E-state index contributed by atoms with van der Waals surface area (Å²) >= 11 is -1.47. The topological polar surface area (TPSA) is 95.5 Å². The van der Waals surface area contributed by atoms with Crippen molar-refractivity contribution >= 4 is 22.7 Å². The number of fused-ring (bicyclic) bond motifs is 1. The van der Waals surface area contributed by atoms with Gasteiger partial charge in [0.2, 0.25) is 5.65 Å². The average Bonchev–Trinajstić information content (AvgIpc) is 3.37. The molecule has 1 atom stereocenters. The van der Waals surface area contributed by atoms with E-state index in [0.717, 1.165) is 29.7 Å². The van der Waals surface area contributed by atoms with Crippen molar-refractivity contribution in [3.05, 3.63) is 96.7 Å². The third-order valence-electron chi connectivity index (χ3n) is 5.96. The van der Waals surface area contributed by atoms with Gasteiger partial charge in [-0.3, -0.25) is 9.20 Å². The zero-order valence-corrected chi connectivity index (χ0v) is 19.6. The van der Waals surface area contributed by atoms with Crippen LogP contribution >= 0.6 is 0 Å². The lowest BCUT2D eigenvalue weighted by atomic mass is 10.1. The first-order valence-electron chi connectivity index (χ1n) is 11.4. The van der Waals surface area contributed by atoms with E-state index in [1.807, 2.05) is 65.2 Å². The molecule has 5 aromatic rings. The summed E-state index contributed by atoms with van der Waals surface area (Å²) in [5, 5.41) is 3.41. The minimum atomic E-state index is -1.47. The van der Waals surface area contributed by atoms with Crippen LogP contribution in [0.1, 0.15) is 29.0 Å². The maximum Gasteiger partial charge on any atom is 0.289 e. The average molecular weight is 483 g/mol. The number of imidazole rings is 1. The molecule has 174 valence electrons. The van der Waals surface area contributed by atoms with Gasteiger partial charge in [0.05, 0.1) is 23.8 Å². The quantitative estimate of drug-likeness (QED) is 0.334. The number of aromatic nitrogens is 3. The molecular formula is C27H22N4O3S. The molecule has 6 rings (SSSR count). The summed E-state index contributed by atoms with van der Waals surface area (Å²) in [6.45, 7) is 0. The van der Waals surface area contributed by atoms with Crippen molar-refractivity contribution in [2.75, 3.05) is 0 Å². The van der Waals surface area contributed by atoms with Crippen LogP contribution < -0.4 is 5.32 Å². The number of carbonyl (C=O) groups excluding carboxylic acids is 1. The molecule has 1 saturated carbocycles. The van der Waals surface area contributed by atoms with Gasteiger partial charge < -0.3 is 14.3 Å². The molecule has 0 bridgehead atoms. The number of hydrogen-bond acceptors (Lipinski definition) is 5. The molecule has 3 aromatic heterocycles. The number of furan rings is 1. The molecule has 0 spiro atoms. The summed E-state index contributed by atoms with van der Waals surface area (Å²) in [7, 11) is 0. The lowest BCUT2D eigenvalue weighted by Gasteiger charge is -2.12. The lowest BCUT2D eigenvalue weighted by molar-refractivity contribution is 0.0951. The van der Waals surface area contributed by atoms with E-state index >= 15 is 0 Å². The lowest BCUT2D eigenvalue weighted by Crippen LogP contribution is -2.25. The van der Waals surface area contributed by atoms with E-state index in [1.54, 1.807) is 24.6 Å². The van der Waals surface area contributed by atoms with E-state index in [4.69, 9.17) is 9.40 Å². The minimum absolute atomic E-state index is 0.0524. The van der Waals surface area contributed by atoms with Gasteiger partial charge >= 0.3 is 0 Å². The van der Waals surface area contributed by atoms with Crippen LogP contribution in [0.15, 0.2) is 94.8 Å². The summed E-state index contributed by atoms with van der Waals surface area (Å²) in [4.78, 5) is 21.7. The number of nitrogens with one attached hydrogen (secondary N) is 1. The van der Waals surface area contributed by atoms with Crippen LogP contribution in [0.3, 0.4) is 0 Å². The van der Waals surface area contributed by atoms with Gasteiger partial charge in [-0.05, 0) is 37.1 Å². The molecule has 0 saturated heterocycles. The smallest absolute Gasteiger partial charge is 0.289 e. The molecule has 2 aromatic carbocycles. The van der Waals surface area contributed by atoms with Crippen molar-refractivity contribution in [1.82, 2.24) is 19.7 Å². The van der Waals surface area contributed by atoms with Gasteiger partial charge in [-0.25, -0.2) is 4.98 Å². The van der Waals surface area contributed by atoms with Crippen LogP contribution in [0.5, 0.6) is 0 Å². The highest BCUT2D eigenvalue weighted by Gasteiger charge is 2.25. The van der Waals surface area contributed by atoms with Crippen LogP contribution in [-0.2, 0) is 16.9 Å². The molecule has 1 aliphatic rings. The van der Waals surface area contributed by atoms with Crippen LogP contribution in [0.4, 0.5) is 0 Å². The van der Waals surface area contributed by atoms with Gasteiger partial charge in [-0.2, -0.15) is 4.98 Å². The van der Waals surface area contributed by atoms with Crippen molar-refractivity contribution in [3.63, 3.8) is 0 Å². The standard InChI is InChI=1S/C27H22N4O3S/c32-26(29-21-12-13-21)20-10-8-19(9-11-20)24-15-28-25-27(35(33)17-22-7-4-14-34-22)30-23(16-31(24)25)18-5-2-1-3-6-18/h1-11,14-16,21H,12-13,17H2,(H,29,32). The highest BCUT2D eigenvalue weighted by atomic mass is 32.2. The molecule has 3 heterocycles. The number of amides is 1. The number of carbonyl (C=O) groups is 1. The normalized spacial score (nSPS) is 14.2. The van der Waals surface area contributed by atoms with Gasteiger partial charge in [0.15, 0.2) is 11.5 Å². The van der Waals surface area contributed by atoms with Crippen molar-refractivity contribution in [2.24, 2.45) is 0 Å². The van der Waals surface area contributed by atoms with E-state index in [1.165, 1.54) is 0 Å². The van der Waals surface area contributed by atoms with Crippen molar-refractivity contribution in [1.29, 1.82) is 0 Å². The Labute approximate surface area is 205 Å². The Balaban J connectivity index is 1.41. The van der Waals surface area contributed by atoms with E-state index in [0.29, 0.717) is 33.7 Å². The highest BCUT2D eigenvalue weighted by Crippen LogP contribution is 2.29. The Morgan fingerprint density at radius 3 is 2.57 bits per heavy atom. The summed E-state index contributed by atoms with van der Waals surface area (Å²) in [5.41, 5.74) is 4.48. The van der Waals surface area contributed by atoms with E-state index in [-0.39, 0.29) is 11.7 Å². The monoisotopic (exact) mass is 482 g/mol. The molecule has 0 radical (unpaired) electrons. The second-order valence-corrected chi connectivity index (χ2v) is 9.90. The molecule has 1 unspecified atom stereocenters. The van der Waals surface area contributed by atoms with Gasteiger partial charge in [0.1, 0.15) is 0 Å². The number of hydrogen-bond donors (Lipinski definition) is 1. The molecule has 1 aliphatic carbocycles. The molecule has 35 heavy (non-hydrogen) atoms. The van der Waals surface area contributed by atoms with E-state index < -0.39 is 11.2 Å². The molecule has 0 aliphatic heterocycles. The Bertz CT molecular complexity index is 1480. The van der Waals surface area contributed by atoms with Gasteiger partial charge in [-0.15, -0.1) is 0 Å². The van der Waals surface area contributed by atoms with Crippen molar-refractivity contribution in [2.45, 2.75) is 29.7 Å².